The maximum atomic E-state index is 13.8. The molecule has 0 fully saturated rings. The van der Waals surface area contributed by atoms with E-state index in [4.69, 9.17) is 0 Å². The van der Waals surface area contributed by atoms with Gasteiger partial charge in [0.15, 0.2) is 0 Å². The lowest BCUT2D eigenvalue weighted by Crippen LogP contribution is -2.24. The van der Waals surface area contributed by atoms with Crippen molar-refractivity contribution in [3.05, 3.63) is 68.8 Å². The van der Waals surface area contributed by atoms with E-state index in [1.165, 1.54) is 0 Å². The van der Waals surface area contributed by atoms with Crippen LogP contribution in [0, 0.1) is 0 Å². The first-order valence-electron chi connectivity index (χ1n) is 16.4. The second kappa shape index (κ2) is 14.5. The molecule has 2 rings (SSSR count). The molecule has 46 heavy (non-hydrogen) atoms. The average molecular weight is 633 g/mol. The third-order valence-electron chi connectivity index (χ3n) is 8.37. The van der Waals surface area contributed by atoms with Gasteiger partial charge in [-0.1, -0.05) is 108 Å². The number of benzene rings is 2. The van der Waals surface area contributed by atoms with Crippen molar-refractivity contribution < 1.29 is 30.0 Å². The Morgan fingerprint density at radius 3 is 1.11 bits per heavy atom. The molecular formula is C40H56O6-2. The van der Waals surface area contributed by atoms with Gasteiger partial charge < -0.3 is 20.4 Å². The van der Waals surface area contributed by atoms with E-state index >= 15 is 0 Å². The fourth-order valence-electron chi connectivity index (χ4n) is 6.26. The van der Waals surface area contributed by atoms with Crippen molar-refractivity contribution in [2.75, 3.05) is 0 Å². The van der Waals surface area contributed by atoms with Crippen molar-refractivity contribution >= 4 is 24.1 Å². The SMILES string of the molecule is CC(C)(C)c1cc(/C=C/C(=O)O)c(CCCCCCc2c(/C=C/C(=O)O)cc(C(C)(C)C)c([O-])c2C(C)(C)C)c(C(C)(C)C)c1[O-]. The Morgan fingerprint density at radius 1 is 0.565 bits per heavy atom. The molecule has 6 nitrogen and oxygen atoms in total. The van der Waals surface area contributed by atoms with Crippen LogP contribution in [0.25, 0.3) is 12.2 Å². The van der Waals surface area contributed by atoms with Crippen LogP contribution in [0.1, 0.15) is 153 Å². The second-order valence-electron chi connectivity index (χ2n) is 16.6. The second-order valence-corrected chi connectivity index (χ2v) is 16.6. The van der Waals surface area contributed by atoms with Gasteiger partial charge in [-0.3, -0.25) is 0 Å². The fourth-order valence-corrected chi connectivity index (χ4v) is 6.26. The van der Waals surface area contributed by atoms with Gasteiger partial charge in [-0.2, -0.15) is 0 Å². The van der Waals surface area contributed by atoms with E-state index in [1.54, 1.807) is 12.2 Å². The monoisotopic (exact) mass is 632 g/mol. The van der Waals surface area contributed by atoms with E-state index < -0.39 is 22.8 Å². The molecule has 0 saturated carbocycles. The third kappa shape index (κ3) is 9.98. The lowest BCUT2D eigenvalue weighted by molar-refractivity contribution is -0.272. The predicted octanol–water partition coefficient (Wildman–Crippen LogP) is 8.57. The molecule has 0 saturated heterocycles. The molecule has 0 aliphatic rings. The summed E-state index contributed by atoms with van der Waals surface area (Å²) in [4.78, 5) is 22.9. The first-order valence-corrected chi connectivity index (χ1v) is 16.4. The van der Waals surface area contributed by atoms with Gasteiger partial charge >= 0.3 is 11.9 Å². The van der Waals surface area contributed by atoms with E-state index in [2.05, 4.69) is 0 Å². The van der Waals surface area contributed by atoms with Crippen LogP contribution in [0.15, 0.2) is 24.3 Å². The van der Waals surface area contributed by atoms with Crippen LogP contribution >= 0.6 is 0 Å². The first kappa shape index (κ1) is 38.6. The number of carboxylic acids is 2. The molecular weight excluding hydrogens is 576 g/mol. The standard InChI is InChI=1S/C40H58O6/c1-37(2,3)29-23-25(19-21-31(41)42)27(33(35(29)45)39(7,8)9)17-15-13-14-16-18-28-26(20-22-32(43)44)24-30(38(4,5)6)36(46)34(28)40(10,11)12/h19-24,45-46H,13-18H2,1-12H3,(H,41,42)(H,43,44)/p-2/b21-19+,22-20+. The fraction of sp³-hybridized carbons (Fsp3) is 0.550. The van der Waals surface area contributed by atoms with Gasteiger partial charge in [-0.25, -0.2) is 9.59 Å². The van der Waals surface area contributed by atoms with Crippen LogP contribution in [0.2, 0.25) is 0 Å². The van der Waals surface area contributed by atoms with Gasteiger partial charge in [0.2, 0.25) is 0 Å². The summed E-state index contributed by atoms with van der Waals surface area (Å²) >= 11 is 0. The summed E-state index contributed by atoms with van der Waals surface area (Å²) in [7, 11) is 0. The Bertz CT molecular complexity index is 1370. The molecule has 0 amide bonds. The minimum Gasteiger partial charge on any atom is -0.872 e. The Kier molecular flexibility index (Phi) is 12.2. The smallest absolute Gasteiger partial charge is 0.328 e. The van der Waals surface area contributed by atoms with E-state index in [0.29, 0.717) is 24.0 Å². The van der Waals surface area contributed by atoms with Crippen LogP contribution in [0.5, 0.6) is 11.5 Å². The summed E-state index contributed by atoms with van der Waals surface area (Å²) in [6.07, 6.45) is 10.2. The summed E-state index contributed by atoms with van der Waals surface area (Å²) < 4.78 is 0. The Labute approximate surface area is 277 Å². The highest BCUT2D eigenvalue weighted by molar-refractivity contribution is 5.86. The zero-order valence-corrected chi connectivity index (χ0v) is 30.2. The number of hydrogen-bond acceptors (Lipinski definition) is 4. The normalized spacial score (nSPS) is 13.2. The zero-order valence-electron chi connectivity index (χ0n) is 30.2. The van der Waals surface area contributed by atoms with E-state index in [9.17, 15) is 30.0 Å². The molecule has 0 bridgehead atoms. The van der Waals surface area contributed by atoms with Crippen molar-refractivity contribution in [2.24, 2.45) is 0 Å². The molecule has 0 aliphatic carbocycles. The Morgan fingerprint density at radius 2 is 0.870 bits per heavy atom. The van der Waals surface area contributed by atoms with Crippen molar-refractivity contribution in [3.63, 3.8) is 0 Å². The molecule has 6 heteroatoms. The van der Waals surface area contributed by atoms with E-state index in [0.717, 1.165) is 71.2 Å². The third-order valence-corrected chi connectivity index (χ3v) is 8.37. The van der Waals surface area contributed by atoms with Crippen molar-refractivity contribution in [3.8, 4) is 11.5 Å². The molecule has 2 aromatic rings. The molecule has 254 valence electrons. The molecule has 0 aliphatic heterocycles. The lowest BCUT2D eigenvalue weighted by atomic mass is 9.74. The quantitative estimate of drug-likeness (QED) is 0.189. The van der Waals surface area contributed by atoms with Crippen LogP contribution in [0.3, 0.4) is 0 Å². The van der Waals surface area contributed by atoms with Gasteiger partial charge in [0, 0.05) is 12.2 Å². The Balaban J connectivity index is 2.42. The minimum atomic E-state index is -1.03. The highest BCUT2D eigenvalue weighted by atomic mass is 16.4. The van der Waals surface area contributed by atoms with E-state index in [1.807, 2.05) is 95.2 Å². The van der Waals surface area contributed by atoms with Gasteiger partial charge in [0.05, 0.1) is 0 Å². The molecule has 0 heterocycles. The highest BCUT2D eigenvalue weighted by Crippen LogP contribution is 2.43. The number of carboxylic acid groups (broad SMARTS) is 2. The number of aliphatic carboxylic acids is 2. The van der Waals surface area contributed by atoms with Gasteiger partial charge in [0.1, 0.15) is 0 Å². The summed E-state index contributed by atoms with van der Waals surface area (Å²) in [5, 5.41) is 46.4. The molecule has 0 spiro atoms. The van der Waals surface area contributed by atoms with Crippen molar-refractivity contribution in [1.29, 1.82) is 0 Å². The minimum absolute atomic E-state index is 0.0336. The first-order chi connectivity index (χ1) is 20.9. The lowest BCUT2D eigenvalue weighted by Gasteiger charge is -2.36. The maximum absolute atomic E-state index is 13.8. The molecule has 0 radical (unpaired) electrons. The number of rotatable bonds is 11. The van der Waals surface area contributed by atoms with Crippen molar-refractivity contribution in [2.45, 2.75) is 143 Å². The number of unbranched alkanes of at least 4 members (excludes halogenated alkanes) is 3. The van der Waals surface area contributed by atoms with Crippen LogP contribution < -0.4 is 10.2 Å². The van der Waals surface area contributed by atoms with E-state index in [-0.39, 0.29) is 22.3 Å². The molecule has 0 atom stereocenters. The van der Waals surface area contributed by atoms with Gasteiger partial charge in [0.25, 0.3) is 0 Å². The number of hydrogen-bond donors (Lipinski definition) is 2. The maximum Gasteiger partial charge on any atom is 0.328 e. The highest BCUT2D eigenvalue weighted by Gasteiger charge is 2.27. The summed E-state index contributed by atoms with van der Waals surface area (Å²) in [5.74, 6) is -2.00. The van der Waals surface area contributed by atoms with Crippen molar-refractivity contribution in [1.82, 2.24) is 0 Å². The topological polar surface area (TPSA) is 121 Å². The molecule has 2 N–H and O–H groups in total. The molecule has 2 aromatic carbocycles. The Hall–Kier alpha value is -3.54. The zero-order chi connectivity index (χ0) is 35.4. The summed E-state index contributed by atoms with van der Waals surface area (Å²) in [6.45, 7) is 24.2. The summed E-state index contributed by atoms with van der Waals surface area (Å²) in [5.41, 5.74) is 4.63. The predicted molar refractivity (Wildman–Crippen MR) is 186 cm³/mol. The van der Waals surface area contributed by atoms with Gasteiger partial charge in [-0.05, 0) is 104 Å². The average Bonchev–Trinajstić information content (AvgIpc) is 2.86. The largest absolute Gasteiger partial charge is 0.872 e. The van der Waals surface area contributed by atoms with Crippen LogP contribution in [0.4, 0.5) is 0 Å². The molecule has 0 aromatic heterocycles. The van der Waals surface area contributed by atoms with Gasteiger partial charge in [-0.15, -0.1) is 11.5 Å². The number of carbonyl (C=O) groups is 2. The molecule has 0 unspecified atom stereocenters. The van der Waals surface area contributed by atoms with Crippen LogP contribution in [-0.2, 0) is 44.1 Å². The van der Waals surface area contributed by atoms with Crippen LogP contribution in [-0.4, -0.2) is 22.2 Å². The summed E-state index contributed by atoms with van der Waals surface area (Å²) in [6, 6.07) is 3.74.